The van der Waals surface area contributed by atoms with Crippen molar-refractivity contribution in [3.8, 4) is 0 Å². The first-order valence-corrected chi connectivity index (χ1v) is 11.2. The first-order chi connectivity index (χ1) is 10.5. The van der Waals surface area contributed by atoms with E-state index in [2.05, 4.69) is 0 Å². The van der Waals surface area contributed by atoms with Crippen LogP contribution in [0.15, 0.2) is 0 Å². The summed E-state index contributed by atoms with van der Waals surface area (Å²) in [5.74, 6) is 0.927. The maximum absolute atomic E-state index is 12.7. The van der Waals surface area contributed by atoms with Crippen LogP contribution >= 0.6 is 11.8 Å². The van der Waals surface area contributed by atoms with Gasteiger partial charge >= 0.3 is 0 Å². The van der Waals surface area contributed by atoms with E-state index in [9.17, 15) is 13.2 Å². The summed E-state index contributed by atoms with van der Waals surface area (Å²) < 4.78 is 30.4. The van der Waals surface area contributed by atoms with Crippen molar-refractivity contribution in [2.24, 2.45) is 17.8 Å². The molecular weight excluding hydrogens is 320 g/mol. The van der Waals surface area contributed by atoms with Crippen LogP contribution in [0.4, 0.5) is 0 Å². The van der Waals surface area contributed by atoms with Gasteiger partial charge in [0, 0.05) is 11.7 Å². The quantitative estimate of drug-likeness (QED) is 0.737. The van der Waals surface area contributed by atoms with E-state index in [1.54, 1.807) is 0 Å². The van der Waals surface area contributed by atoms with Crippen molar-refractivity contribution in [2.45, 2.75) is 64.2 Å². The Morgan fingerprint density at radius 1 is 0.955 bits per heavy atom. The second-order valence-corrected chi connectivity index (χ2v) is 9.45. The van der Waals surface area contributed by atoms with Gasteiger partial charge in [0.05, 0.1) is 5.75 Å². The molecule has 0 radical (unpaired) electrons. The van der Waals surface area contributed by atoms with Gasteiger partial charge in [-0.25, -0.2) is 0 Å². The molecule has 0 saturated heterocycles. The van der Waals surface area contributed by atoms with Crippen molar-refractivity contribution in [1.29, 1.82) is 0 Å². The first kappa shape index (κ1) is 18.3. The van der Waals surface area contributed by atoms with Gasteiger partial charge in [-0.15, -0.1) is 0 Å². The molecule has 0 amide bonds. The Balaban J connectivity index is 1.97. The van der Waals surface area contributed by atoms with Crippen LogP contribution in [0.5, 0.6) is 0 Å². The van der Waals surface area contributed by atoms with Gasteiger partial charge in [0.25, 0.3) is 10.1 Å². The van der Waals surface area contributed by atoms with Crippen LogP contribution in [0.25, 0.3) is 0 Å². The molecule has 2 aliphatic rings. The zero-order valence-electron chi connectivity index (χ0n) is 13.2. The smallest absolute Gasteiger partial charge is 0.265 e. The average Bonchev–Trinajstić information content (AvgIpc) is 2.48. The van der Waals surface area contributed by atoms with Crippen molar-refractivity contribution in [1.82, 2.24) is 0 Å². The van der Waals surface area contributed by atoms with Crippen LogP contribution in [0.1, 0.15) is 64.2 Å². The Bertz CT molecular complexity index is 431. The number of carbonyl (C=O) groups is 1. The molecule has 0 aromatic rings. The summed E-state index contributed by atoms with van der Waals surface area (Å²) in [7, 11) is -3.97. The van der Waals surface area contributed by atoms with E-state index in [1.165, 1.54) is 38.5 Å². The van der Waals surface area contributed by atoms with E-state index in [0.717, 1.165) is 37.4 Å². The summed E-state index contributed by atoms with van der Waals surface area (Å²) in [6.07, 6.45) is 12.0. The van der Waals surface area contributed by atoms with Crippen LogP contribution in [0.3, 0.4) is 0 Å². The first-order valence-electron chi connectivity index (χ1n) is 8.59. The molecule has 6 heteroatoms. The van der Waals surface area contributed by atoms with Crippen LogP contribution in [-0.4, -0.2) is 29.6 Å². The minimum Gasteiger partial charge on any atom is -0.287 e. The number of carbonyl (C=O) groups excluding carboxylic acids is 1. The molecule has 0 bridgehead atoms. The van der Waals surface area contributed by atoms with Crippen molar-refractivity contribution in [2.75, 3.05) is 11.5 Å². The predicted molar refractivity (Wildman–Crippen MR) is 90.5 cm³/mol. The Morgan fingerprint density at radius 3 is 1.82 bits per heavy atom. The van der Waals surface area contributed by atoms with E-state index in [-0.39, 0.29) is 22.5 Å². The second kappa shape index (κ2) is 8.69. The topological polar surface area (TPSA) is 71.4 Å². The number of thioether (sulfide) groups is 1. The highest BCUT2D eigenvalue weighted by Gasteiger charge is 2.36. The molecule has 2 fully saturated rings. The lowest BCUT2D eigenvalue weighted by atomic mass is 9.70. The molecule has 0 spiro atoms. The number of hydrogen-bond acceptors (Lipinski definition) is 4. The monoisotopic (exact) mass is 348 g/mol. The van der Waals surface area contributed by atoms with E-state index in [0.29, 0.717) is 11.8 Å². The molecule has 0 atom stereocenters. The third kappa shape index (κ3) is 5.85. The van der Waals surface area contributed by atoms with Crippen molar-refractivity contribution < 1.29 is 17.8 Å². The number of rotatable bonds is 6. The third-order valence-electron chi connectivity index (χ3n) is 5.17. The summed E-state index contributed by atoms with van der Waals surface area (Å²) >= 11 is 1.12. The predicted octanol–water partition coefficient (Wildman–Crippen LogP) is 3.91. The van der Waals surface area contributed by atoms with Crippen LogP contribution in [0, 0.1) is 17.8 Å². The van der Waals surface area contributed by atoms with Crippen molar-refractivity contribution in [3.63, 3.8) is 0 Å². The van der Waals surface area contributed by atoms with Gasteiger partial charge in [0.2, 0.25) is 0 Å². The highest BCUT2D eigenvalue weighted by atomic mass is 32.2. The van der Waals surface area contributed by atoms with Crippen molar-refractivity contribution in [3.05, 3.63) is 0 Å². The van der Waals surface area contributed by atoms with Gasteiger partial charge in [-0.1, -0.05) is 50.3 Å². The molecule has 0 aromatic heterocycles. The molecule has 2 aliphatic carbocycles. The van der Waals surface area contributed by atoms with Gasteiger partial charge in [0.1, 0.15) is 0 Å². The molecule has 0 unspecified atom stereocenters. The van der Waals surface area contributed by atoms with Gasteiger partial charge in [-0.05, 0) is 37.5 Å². The molecule has 128 valence electrons. The Hall–Kier alpha value is -0.0700. The molecule has 2 saturated carbocycles. The molecule has 0 aliphatic heterocycles. The minimum absolute atomic E-state index is 0.104. The normalized spacial score (nSPS) is 22.1. The van der Waals surface area contributed by atoms with Gasteiger partial charge in [-0.2, -0.15) is 8.42 Å². The molecular formula is C16H28O4S2. The fourth-order valence-corrected chi connectivity index (χ4v) is 6.05. The summed E-state index contributed by atoms with van der Waals surface area (Å²) in [5.41, 5.74) is 0. The van der Waals surface area contributed by atoms with E-state index >= 15 is 0 Å². The molecule has 1 N–H and O–H groups in total. The van der Waals surface area contributed by atoms with Gasteiger partial charge < -0.3 is 0 Å². The van der Waals surface area contributed by atoms with E-state index in [1.807, 2.05) is 0 Å². The van der Waals surface area contributed by atoms with Crippen LogP contribution in [0.2, 0.25) is 0 Å². The minimum atomic E-state index is -3.97. The Kier molecular flexibility index (Phi) is 7.22. The van der Waals surface area contributed by atoms with Crippen LogP contribution < -0.4 is 0 Å². The summed E-state index contributed by atoms with van der Waals surface area (Å²) in [4.78, 5) is 12.7. The second-order valence-electron chi connectivity index (χ2n) is 6.78. The van der Waals surface area contributed by atoms with Crippen molar-refractivity contribution >= 4 is 27.0 Å². The maximum atomic E-state index is 12.7. The fourth-order valence-electron chi connectivity index (χ4n) is 4.10. The van der Waals surface area contributed by atoms with Gasteiger partial charge in [0.15, 0.2) is 5.12 Å². The largest absolute Gasteiger partial charge is 0.287 e. The standard InChI is InChI=1S/C16H28O4S2/c17-16(21-11-12-22(18,19)20)15(13-7-3-1-4-8-13)14-9-5-2-6-10-14/h13-15H,1-12H2,(H,18,19,20). The highest BCUT2D eigenvalue weighted by Crippen LogP contribution is 2.42. The van der Waals surface area contributed by atoms with E-state index in [4.69, 9.17) is 4.55 Å². The Labute approximate surface area is 138 Å². The zero-order valence-corrected chi connectivity index (χ0v) is 14.8. The summed E-state index contributed by atoms with van der Waals surface area (Å²) in [5, 5.41) is 0.169. The lowest BCUT2D eigenvalue weighted by Crippen LogP contribution is -2.32. The fraction of sp³-hybridized carbons (Fsp3) is 0.938. The lowest BCUT2D eigenvalue weighted by Gasteiger charge is -2.36. The molecule has 22 heavy (non-hydrogen) atoms. The molecule has 4 nitrogen and oxygen atoms in total. The molecule has 0 aromatic carbocycles. The highest BCUT2D eigenvalue weighted by molar-refractivity contribution is 8.14. The molecule has 0 heterocycles. The molecule has 2 rings (SSSR count). The van der Waals surface area contributed by atoms with E-state index < -0.39 is 10.1 Å². The average molecular weight is 349 g/mol. The zero-order chi connectivity index (χ0) is 16.0. The number of hydrogen-bond donors (Lipinski definition) is 1. The Morgan fingerprint density at radius 2 is 1.41 bits per heavy atom. The SMILES string of the molecule is O=C(SCCS(=O)(=O)O)C(C1CCCCC1)C1CCCCC1. The maximum Gasteiger partial charge on any atom is 0.265 e. The lowest BCUT2D eigenvalue weighted by molar-refractivity contribution is -0.118. The summed E-state index contributed by atoms with van der Waals surface area (Å²) in [6, 6.07) is 0. The van der Waals surface area contributed by atoms with Gasteiger partial charge in [-0.3, -0.25) is 9.35 Å². The summed E-state index contributed by atoms with van der Waals surface area (Å²) in [6.45, 7) is 0. The third-order valence-corrected chi connectivity index (χ3v) is 7.12. The van der Waals surface area contributed by atoms with Crippen LogP contribution in [-0.2, 0) is 14.9 Å².